The molecule has 7 nitrogen and oxygen atoms in total. The zero-order valence-electron chi connectivity index (χ0n) is 12.0. The summed E-state index contributed by atoms with van der Waals surface area (Å²) in [6.07, 6.45) is 5.20. The molecule has 0 saturated carbocycles. The van der Waals surface area contributed by atoms with Gasteiger partial charge >= 0.3 is 0 Å². The normalized spacial score (nSPS) is 21.5. The molecule has 0 radical (unpaired) electrons. The van der Waals surface area contributed by atoms with Crippen LogP contribution >= 0.6 is 12.4 Å². The van der Waals surface area contributed by atoms with E-state index in [1.165, 1.54) is 0 Å². The van der Waals surface area contributed by atoms with Crippen molar-refractivity contribution < 1.29 is 9.21 Å². The molecule has 0 spiro atoms. The molecule has 0 aromatic carbocycles. The Bertz CT molecular complexity index is 637. The number of likely N-dealkylation sites (tertiary alicyclic amines) is 1. The van der Waals surface area contributed by atoms with Crippen molar-refractivity contribution in [2.75, 3.05) is 19.6 Å². The lowest BCUT2D eigenvalue weighted by Gasteiger charge is -2.24. The largest absolute Gasteiger partial charge is 0.435 e. The molecule has 4 rings (SSSR count). The number of nitrogens with zero attached hydrogens (tertiary/aromatic N) is 3. The maximum absolute atomic E-state index is 12.6. The number of oxazole rings is 1. The summed E-state index contributed by atoms with van der Waals surface area (Å²) in [5.74, 6) is 1.21. The number of hydrogen-bond acceptors (Lipinski definition) is 5. The average Bonchev–Trinajstić information content (AvgIpc) is 3.16. The van der Waals surface area contributed by atoms with Crippen LogP contribution in [0, 0.1) is 0 Å². The first-order valence-electron chi connectivity index (χ1n) is 7.29. The topological polar surface area (TPSA) is 87.1 Å². The van der Waals surface area contributed by atoms with E-state index in [9.17, 15) is 4.79 Å². The molecule has 0 unspecified atom stereocenters. The summed E-state index contributed by atoms with van der Waals surface area (Å²) in [6, 6.07) is 1.97. The molecule has 2 aromatic heterocycles. The first-order chi connectivity index (χ1) is 10.3. The van der Waals surface area contributed by atoms with Crippen LogP contribution in [-0.4, -0.2) is 45.6 Å². The highest BCUT2D eigenvalue weighted by Gasteiger charge is 2.34. The van der Waals surface area contributed by atoms with Gasteiger partial charge in [-0.2, -0.15) is 5.10 Å². The minimum absolute atomic E-state index is 0. The molecule has 22 heavy (non-hydrogen) atoms. The fourth-order valence-corrected chi connectivity index (χ4v) is 2.97. The summed E-state index contributed by atoms with van der Waals surface area (Å²) >= 11 is 0. The Morgan fingerprint density at radius 2 is 2.27 bits per heavy atom. The minimum atomic E-state index is -0.0851. The number of H-pyrrole nitrogens is 1. The van der Waals surface area contributed by atoms with Crippen LogP contribution in [0.15, 0.2) is 22.9 Å². The number of carbonyl (C=O) groups is 1. The highest BCUT2D eigenvalue weighted by atomic mass is 35.5. The second-order valence-corrected chi connectivity index (χ2v) is 5.59. The number of amides is 1. The van der Waals surface area contributed by atoms with E-state index in [4.69, 9.17) is 4.42 Å². The van der Waals surface area contributed by atoms with E-state index in [1.54, 1.807) is 12.4 Å². The lowest BCUT2D eigenvalue weighted by atomic mass is 10.0. The van der Waals surface area contributed by atoms with Crippen molar-refractivity contribution in [1.29, 1.82) is 0 Å². The number of nitrogens with one attached hydrogen (secondary N) is 2. The van der Waals surface area contributed by atoms with Gasteiger partial charge in [0.2, 0.25) is 11.7 Å². The van der Waals surface area contributed by atoms with Gasteiger partial charge in [0.15, 0.2) is 0 Å². The van der Waals surface area contributed by atoms with Crippen molar-refractivity contribution in [1.82, 2.24) is 25.4 Å². The van der Waals surface area contributed by atoms with Gasteiger partial charge in [0, 0.05) is 25.8 Å². The Morgan fingerprint density at radius 3 is 2.95 bits per heavy atom. The van der Waals surface area contributed by atoms with Crippen molar-refractivity contribution in [2.45, 2.75) is 24.8 Å². The molecule has 0 aliphatic carbocycles. The zero-order chi connectivity index (χ0) is 14.2. The van der Waals surface area contributed by atoms with Gasteiger partial charge < -0.3 is 14.6 Å². The molecule has 2 aliphatic rings. The van der Waals surface area contributed by atoms with Gasteiger partial charge in [-0.1, -0.05) is 0 Å². The molecule has 1 atom stereocenters. The van der Waals surface area contributed by atoms with Gasteiger partial charge in [-0.15, -0.1) is 12.4 Å². The molecule has 118 valence electrons. The van der Waals surface area contributed by atoms with E-state index in [-0.39, 0.29) is 24.4 Å². The van der Waals surface area contributed by atoms with Crippen LogP contribution < -0.4 is 5.32 Å². The van der Waals surface area contributed by atoms with Crippen molar-refractivity contribution in [3.63, 3.8) is 0 Å². The quantitative estimate of drug-likeness (QED) is 0.893. The van der Waals surface area contributed by atoms with Crippen LogP contribution in [0.5, 0.6) is 0 Å². The highest BCUT2D eigenvalue weighted by molar-refractivity contribution is 5.91. The molecular weight excluding hydrogens is 306 g/mol. The summed E-state index contributed by atoms with van der Waals surface area (Å²) in [5, 5.41) is 10.1. The van der Waals surface area contributed by atoms with E-state index >= 15 is 0 Å². The molecule has 2 saturated heterocycles. The number of carbonyl (C=O) groups excluding carboxylic acids is 1. The van der Waals surface area contributed by atoms with Gasteiger partial charge in [0.05, 0.1) is 23.9 Å². The highest BCUT2D eigenvalue weighted by Crippen LogP contribution is 2.32. The standard InChI is InChI=1S/C14H17N5O2.ClH/c20-14(12-8-16-13(21-12)9-6-15-7-9)19-5-1-2-11(19)10-3-4-17-18-10;/h3-4,8-9,11,15H,1-2,5-7H2,(H,17,18);1H/t11-;/m1./s1. The molecular formula is C14H18ClN5O2. The van der Waals surface area contributed by atoms with Crippen LogP contribution in [0.25, 0.3) is 0 Å². The maximum atomic E-state index is 12.6. The SMILES string of the molecule is Cl.O=C(c1cnc(C2CNC2)o1)N1CCC[C@@H]1c1ccn[nH]1. The minimum Gasteiger partial charge on any atom is -0.435 e. The predicted molar refractivity (Wildman–Crippen MR) is 81.0 cm³/mol. The van der Waals surface area contributed by atoms with Gasteiger partial charge in [0.1, 0.15) is 0 Å². The number of rotatable bonds is 3. The smallest absolute Gasteiger partial charge is 0.291 e. The van der Waals surface area contributed by atoms with Gasteiger partial charge in [-0.05, 0) is 18.9 Å². The van der Waals surface area contributed by atoms with Crippen LogP contribution in [0.3, 0.4) is 0 Å². The average molecular weight is 324 g/mol. The fourth-order valence-electron chi connectivity index (χ4n) is 2.97. The monoisotopic (exact) mass is 323 g/mol. The number of halogens is 1. The molecule has 2 fully saturated rings. The summed E-state index contributed by atoms with van der Waals surface area (Å²) in [4.78, 5) is 18.7. The Morgan fingerprint density at radius 1 is 1.41 bits per heavy atom. The molecule has 1 amide bonds. The third kappa shape index (κ3) is 2.50. The molecule has 0 bridgehead atoms. The van der Waals surface area contributed by atoms with Crippen LogP contribution in [0.4, 0.5) is 0 Å². The summed E-state index contributed by atoms with van der Waals surface area (Å²) in [5.41, 5.74) is 0.976. The molecule has 4 heterocycles. The number of aromatic amines is 1. The third-order valence-corrected chi connectivity index (χ3v) is 4.26. The maximum Gasteiger partial charge on any atom is 0.291 e. The fraction of sp³-hybridized carbons (Fsp3) is 0.500. The van der Waals surface area contributed by atoms with Gasteiger partial charge in [0.25, 0.3) is 5.91 Å². The van der Waals surface area contributed by atoms with Crippen molar-refractivity contribution in [3.8, 4) is 0 Å². The van der Waals surface area contributed by atoms with Gasteiger partial charge in [-0.25, -0.2) is 4.98 Å². The van der Waals surface area contributed by atoms with Crippen molar-refractivity contribution in [2.24, 2.45) is 0 Å². The zero-order valence-corrected chi connectivity index (χ0v) is 12.8. The number of hydrogen-bond donors (Lipinski definition) is 2. The van der Waals surface area contributed by atoms with E-state index in [0.717, 1.165) is 38.2 Å². The predicted octanol–water partition coefficient (Wildman–Crippen LogP) is 1.48. The molecule has 2 aliphatic heterocycles. The molecule has 8 heteroatoms. The van der Waals surface area contributed by atoms with E-state index < -0.39 is 0 Å². The summed E-state index contributed by atoms with van der Waals surface area (Å²) < 4.78 is 5.66. The van der Waals surface area contributed by atoms with E-state index in [2.05, 4.69) is 20.5 Å². The van der Waals surface area contributed by atoms with E-state index in [1.807, 2.05) is 11.0 Å². The van der Waals surface area contributed by atoms with E-state index in [0.29, 0.717) is 17.6 Å². The Labute approximate surface area is 133 Å². The van der Waals surface area contributed by atoms with Crippen LogP contribution in [0.2, 0.25) is 0 Å². The van der Waals surface area contributed by atoms with Gasteiger partial charge in [-0.3, -0.25) is 9.89 Å². The Balaban J connectivity index is 0.00000144. The van der Waals surface area contributed by atoms with Crippen LogP contribution in [-0.2, 0) is 0 Å². The first kappa shape index (κ1) is 15.1. The third-order valence-electron chi connectivity index (χ3n) is 4.26. The first-order valence-corrected chi connectivity index (χ1v) is 7.29. The van der Waals surface area contributed by atoms with Crippen molar-refractivity contribution in [3.05, 3.63) is 35.8 Å². The summed E-state index contributed by atoms with van der Waals surface area (Å²) in [6.45, 7) is 2.48. The number of aromatic nitrogens is 3. The lowest BCUT2D eigenvalue weighted by molar-refractivity contribution is 0.0697. The Kier molecular flexibility index (Phi) is 4.17. The van der Waals surface area contributed by atoms with Crippen molar-refractivity contribution >= 4 is 18.3 Å². The summed E-state index contributed by atoms with van der Waals surface area (Å²) in [7, 11) is 0. The molecule has 2 N–H and O–H groups in total. The van der Waals surface area contributed by atoms with Crippen LogP contribution in [0.1, 0.15) is 46.9 Å². The Hall–Kier alpha value is -1.86. The lowest BCUT2D eigenvalue weighted by Crippen LogP contribution is -2.40. The molecule has 2 aromatic rings. The second kappa shape index (κ2) is 6.10. The second-order valence-electron chi connectivity index (χ2n) is 5.59.